The first-order valence-corrected chi connectivity index (χ1v) is 3.43. The molecule has 1 heterocycles. The summed E-state index contributed by atoms with van der Waals surface area (Å²) in [5.41, 5.74) is 2.79. The summed E-state index contributed by atoms with van der Waals surface area (Å²) in [6.45, 7) is 0. The van der Waals surface area contributed by atoms with Gasteiger partial charge in [-0.05, 0) is 6.26 Å². The van der Waals surface area contributed by atoms with Gasteiger partial charge in [-0.3, -0.25) is 0 Å². The molecule has 0 bridgehead atoms. The van der Waals surface area contributed by atoms with Crippen LogP contribution in [0, 0.1) is 0 Å². The smallest absolute Gasteiger partial charge is 0.165 e. The zero-order valence-corrected chi connectivity index (χ0v) is 5.33. The van der Waals surface area contributed by atoms with Crippen molar-refractivity contribution in [3.05, 3.63) is 18.1 Å². The van der Waals surface area contributed by atoms with Crippen molar-refractivity contribution in [3.63, 3.8) is 0 Å². The summed E-state index contributed by atoms with van der Waals surface area (Å²) in [6, 6.07) is 0. The van der Waals surface area contributed by atoms with Crippen LogP contribution >= 0.6 is 11.8 Å². The summed E-state index contributed by atoms with van der Waals surface area (Å²) >= 11 is 1.58. The number of hydrogen-bond donors (Lipinski definition) is 1. The summed E-state index contributed by atoms with van der Waals surface area (Å²) in [4.78, 5) is 3.95. The second kappa shape index (κ2) is 2.60. The van der Waals surface area contributed by atoms with Gasteiger partial charge in [0.25, 0.3) is 0 Å². The van der Waals surface area contributed by atoms with E-state index in [9.17, 15) is 0 Å². The third kappa shape index (κ3) is 1.15. The number of hydrogen-bond acceptors (Lipinski definition) is 3. The van der Waals surface area contributed by atoms with Gasteiger partial charge in [0.1, 0.15) is 0 Å². The number of thioether (sulfide) groups is 1. The van der Waals surface area contributed by atoms with Crippen LogP contribution in [0.25, 0.3) is 0 Å². The lowest BCUT2D eigenvalue weighted by atomic mass is 10.7. The first-order chi connectivity index (χ1) is 3.93. The molecule has 0 fully saturated rings. The van der Waals surface area contributed by atoms with Gasteiger partial charge in [0.2, 0.25) is 0 Å². The second-order valence-corrected chi connectivity index (χ2v) is 2.02. The Morgan fingerprint density at radius 1 is 1.88 bits per heavy atom. The van der Waals surface area contributed by atoms with Crippen molar-refractivity contribution in [3.8, 4) is 0 Å². The molecule has 0 saturated carbocycles. The van der Waals surface area contributed by atoms with Crippen LogP contribution in [-0.2, 0) is 0 Å². The van der Waals surface area contributed by atoms with Crippen LogP contribution in [0.5, 0.6) is 0 Å². The third-order valence-corrected chi connectivity index (χ3v) is 1.34. The van der Waals surface area contributed by atoms with Gasteiger partial charge < -0.3 is 5.32 Å². The van der Waals surface area contributed by atoms with Crippen molar-refractivity contribution in [1.29, 1.82) is 0 Å². The number of rotatable bonds is 0. The molecule has 0 aromatic carbocycles. The highest BCUT2D eigenvalue weighted by atomic mass is 32.2. The van der Waals surface area contributed by atoms with Crippen molar-refractivity contribution in [2.24, 2.45) is 4.99 Å². The van der Waals surface area contributed by atoms with Crippen LogP contribution in [0.4, 0.5) is 0 Å². The molecule has 0 atom stereocenters. The van der Waals surface area contributed by atoms with Crippen LogP contribution in [0.15, 0.2) is 23.1 Å². The van der Waals surface area contributed by atoms with Gasteiger partial charge in [-0.25, -0.2) is 4.99 Å². The summed E-state index contributed by atoms with van der Waals surface area (Å²) in [7, 11) is 0. The van der Waals surface area contributed by atoms with E-state index in [1.165, 1.54) is 0 Å². The van der Waals surface area contributed by atoms with E-state index in [0.717, 1.165) is 5.17 Å². The van der Waals surface area contributed by atoms with Crippen molar-refractivity contribution >= 4 is 16.9 Å². The Hall–Kier alpha value is -0.660. The van der Waals surface area contributed by atoms with E-state index in [4.69, 9.17) is 0 Å². The molecule has 0 aromatic rings. The quantitative estimate of drug-likeness (QED) is 0.488. The lowest BCUT2D eigenvalue weighted by Gasteiger charge is -1.99. The van der Waals surface area contributed by atoms with E-state index in [1.54, 1.807) is 24.2 Å². The molecule has 3 heteroatoms. The van der Waals surface area contributed by atoms with Gasteiger partial charge >= 0.3 is 0 Å². The molecule has 0 spiro atoms. The Balaban J connectivity index is 2.63. The zero-order chi connectivity index (χ0) is 5.82. The van der Waals surface area contributed by atoms with E-state index < -0.39 is 0 Å². The Bertz CT molecular complexity index is 165. The molecule has 2 nitrogen and oxygen atoms in total. The number of aliphatic imine (C=N–C) groups is 1. The predicted molar refractivity (Wildman–Crippen MR) is 36.7 cm³/mol. The van der Waals surface area contributed by atoms with Gasteiger partial charge in [0.15, 0.2) is 5.17 Å². The molecule has 1 aliphatic heterocycles. The van der Waals surface area contributed by atoms with Gasteiger partial charge in [0.05, 0.1) is 6.20 Å². The second-order valence-electron chi connectivity index (χ2n) is 1.22. The molecule has 8 heavy (non-hydrogen) atoms. The highest BCUT2D eigenvalue weighted by molar-refractivity contribution is 8.13. The minimum atomic E-state index is 0.920. The monoisotopic (exact) mass is 126 g/mol. The molecule has 0 saturated heterocycles. The maximum absolute atomic E-state index is 3.95. The molecule has 0 radical (unpaired) electrons. The topological polar surface area (TPSA) is 24.4 Å². The van der Waals surface area contributed by atoms with E-state index in [0.29, 0.717) is 0 Å². The average molecular weight is 126 g/mol. The van der Waals surface area contributed by atoms with Crippen LogP contribution in [0.1, 0.15) is 0 Å². The summed E-state index contributed by atoms with van der Waals surface area (Å²) in [6.07, 6.45) is 5.35. The number of nitrogens with one attached hydrogen (secondary N) is 1. The minimum Gasteiger partial charge on any atom is -0.334 e. The fourth-order valence-electron chi connectivity index (χ4n) is 0.385. The predicted octanol–water partition coefficient (Wildman–Crippen LogP) is 0.935. The number of amidine groups is 1. The molecule has 0 amide bonds. The van der Waals surface area contributed by atoms with Crippen LogP contribution in [0.2, 0.25) is 0 Å². The maximum Gasteiger partial charge on any atom is 0.165 e. The van der Waals surface area contributed by atoms with E-state index in [2.05, 4.69) is 16.0 Å². The summed E-state index contributed by atoms with van der Waals surface area (Å²) < 4.78 is 0. The lowest BCUT2D eigenvalue weighted by molar-refractivity contribution is 1.27. The molecule has 1 N–H and O–H groups in total. The van der Waals surface area contributed by atoms with E-state index in [1.807, 2.05) is 6.26 Å². The summed E-state index contributed by atoms with van der Waals surface area (Å²) in [5.74, 6) is 0. The van der Waals surface area contributed by atoms with Gasteiger partial charge in [-0.2, -0.15) is 0 Å². The van der Waals surface area contributed by atoms with Crippen molar-refractivity contribution in [2.45, 2.75) is 0 Å². The minimum absolute atomic E-state index is 0.920. The molecule has 0 unspecified atom stereocenters. The van der Waals surface area contributed by atoms with Gasteiger partial charge in [-0.15, -0.1) is 0 Å². The number of nitrogens with zero attached hydrogens (tertiary/aromatic N) is 1. The molecular weight excluding hydrogens is 120 g/mol. The standard InChI is InChI=1S/C5H6N2S/c1-8-5-6-3-2-4-7-5/h3-4H,1H3,(H,6,7). The Labute approximate surface area is 52.4 Å². The van der Waals surface area contributed by atoms with Gasteiger partial charge in [-0.1, -0.05) is 17.5 Å². The largest absolute Gasteiger partial charge is 0.334 e. The van der Waals surface area contributed by atoms with Gasteiger partial charge in [0, 0.05) is 6.20 Å². The van der Waals surface area contributed by atoms with Crippen molar-refractivity contribution in [1.82, 2.24) is 5.32 Å². The fourth-order valence-corrected chi connectivity index (χ4v) is 0.720. The highest BCUT2D eigenvalue weighted by Crippen LogP contribution is 1.96. The highest BCUT2D eigenvalue weighted by Gasteiger charge is 1.90. The maximum atomic E-state index is 3.95. The SMILES string of the molecule is CSC1=NC=C=CN1. The molecule has 42 valence electrons. The van der Waals surface area contributed by atoms with Crippen LogP contribution in [0.3, 0.4) is 0 Å². The zero-order valence-electron chi connectivity index (χ0n) is 4.51. The first-order valence-electron chi connectivity index (χ1n) is 2.21. The normalized spacial score (nSPS) is 15.4. The van der Waals surface area contributed by atoms with E-state index >= 15 is 0 Å². The molecule has 0 aliphatic carbocycles. The first kappa shape index (κ1) is 5.48. The van der Waals surface area contributed by atoms with Crippen molar-refractivity contribution in [2.75, 3.05) is 6.26 Å². The molecule has 1 rings (SSSR count). The lowest BCUT2D eigenvalue weighted by Crippen LogP contribution is -2.12. The Morgan fingerprint density at radius 2 is 2.75 bits per heavy atom. The molecular formula is C5H6N2S. The Morgan fingerprint density at radius 3 is 3.12 bits per heavy atom. The average Bonchev–Trinajstić information content (AvgIpc) is 1.90. The van der Waals surface area contributed by atoms with Crippen molar-refractivity contribution < 1.29 is 0 Å². The molecule has 0 aromatic heterocycles. The Kier molecular flexibility index (Phi) is 1.78. The summed E-state index contributed by atoms with van der Waals surface area (Å²) in [5, 5.41) is 3.83. The fraction of sp³-hybridized carbons (Fsp3) is 0.200. The van der Waals surface area contributed by atoms with Crippen LogP contribution in [-0.4, -0.2) is 11.4 Å². The van der Waals surface area contributed by atoms with Crippen LogP contribution < -0.4 is 5.32 Å². The van der Waals surface area contributed by atoms with E-state index in [-0.39, 0.29) is 0 Å². The third-order valence-electron chi connectivity index (χ3n) is 0.729. The molecule has 1 aliphatic rings.